The molecule has 5 nitrogen and oxygen atoms in total. The van der Waals surface area contributed by atoms with Gasteiger partial charge in [0, 0.05) is 43.4 Å². The van der Waals surface area contributed by atoms with Gasteiger partial charge in [-0.3, -0.25) is 4.79 Å². The van der Waals surface area contributed by atoms with Crippen LogP contribution < -0.4 is 10.2 Å². The van der Waals surface area contributed by atoms with Crippen molar-refractivity contribution >= 4 is 23.6 Å². The molecule has 0 spiro atoms. The summed E-state index contributed by atoms with van der Waals surface area (Å²) in [5.74, 6) is -1.53. The summed E-state index contributed by atoms with van der Waals surface area (Å²) in [5.41, 5.74) is 1.21. The lowest BCUT2D eigenvalue weighted by Gasteiger charge is -2.24. The number of carbonyl (C=O) groups is 2. The average molecular weight is 278 g/mol. The van der Waals surface area contributed by atoms with Gasteiger partial charge in [0.05, 0.1) is 0 Å². The Balaban J connectivity index is 2.29. The van der Waals surface area contributed by atoms with Crippen molar-refractivity contribution < 1.29 is 19.1 Å². The van der Waals surface area contributed by atoms with Crippen LogP contribution >= 0.6 is 0 Å². The summed E-state index contributed by atoms with van der Waals surface area (Å²) in [6.07, 6.45) is 2.69. The van der Waals surface area contributed by atoms with Gasteiger partial charge in [0.1, 0.15) is 5.82 Å². The Bertz CT molecular complexity index is 557. The van der Waals surface area contributed by atoms with Gasteiger partial charge in [-0.2, -0.15) is 0 Å². The van der Waals surface area contributed by atoms with Crippen LogP contribution in [0.2, 0.25) is 0 Å². The molecule has 1 aromatic rings. The fourth-order valence-corrected chi connectivity index (χ4v) is 2.12. The summed E-state index contributed by atoms with van der Waals surface area (Å²) >= 11 is 0. The van der Waals surface area contributed by atoms with Gasteiger partial charge in [0.2, 0.25) is 5.91 Å². The Kier molecular flexibility index (Phi) is 4.34. The number of amides is 1. The van der Waals surface area contributed by atoms with Crippen molar-refractivity contribution in [3.63, 3.8) is 0 Å². The van der Waals surface area contributed by atoms with Crippen molar-refractivity contribution in [1.29, 1.82) is 0 Å². The van der Waals surface area contributed by atoms with E-state index in [1.165, 1.54) is 18.2 Å². The number of carbonyl (C=O) groups excluding carboxylic acids is 1. The monoisotopic (exact) mass is 278 g/mol. The lowest BCUT2D eigenvalue weighted by atomic mass is 10.1. The zero-order valence-electron chi connectivity index (χ0n) is 10.8. The number of nitrogens with zero attached hydrogens (tertiary/aromatic N) is 1. The molecule has 1 aliphatic heterocycles. The van der Waals surface area contributed by atoms with Crippen LogP contribution in [-0.4, -0.2) is 36.6 Å². The first-order valence-corrected chi connectivity index (χ1v) is 6.28. The second-order valence-corrected chi connectivity index (χ2v) is 4.46. The van der Waals surface area contributed by atoms with E-state index in [0.717, 1.165) is 11.8 Å². The molecule has 0 aromatic heterocycles. The van der Waals surface area contributed by atoms with Crippen LogP contribution in [0, 0.1) is 5.82 Å². The first kappa shape index (κ1) is 14.0. The van der Waals surface area contributed by atoms with Crippen LogP contribution in [0.15, 0.2) is 24.3 Å². The number of hydrogen-bond donors (Lipinski definition) is 2. The van der Waals surface area contributed by atoms with E-state index >= 15 is 0 Å². The summed E-state index contributed by atoms with van der Waals surface area (Å²) in [4.78, 5) is 23.9. The van der Waals surface area contributed by atoms with Crippen molar-refractivity contribution in [1.82, 2.24) is 5.32 Å². The molecule has 2 rings (SSSR count). The fourth-order valence-electron chi connectivity index (χ4n) is 2.12. The third-order valence-corrected chi connectivity index (χ3v) is 3.05. The van der Waals surface area contributed by atoms with Crippen LogP contribution in [-0.2, 0) is 9.59 Å². The number of carboxylic acids is 1. The van der Waals surface area contributed by atoms with Crippen LogP contribution in [0.25, 0.3) is 6.08 Å². The Labute approximate surface area is 115 Å². The molecule has 0 radical (unpaired) electrons. The number of nitrogens with one attached hydrogen (secondary N) is 1. The molecule has 1 amide bonds. The number of carboxylic acid groups (broad SMARTS) is 1. The van der Waals surface area contributed by atoms with E-state index in [1.54, 1.807) is 6.07 Å². The molecule has 0 aliphatic carbocycles. The predicted molar refractivity (Wildman–Crippen MR) is 72.9 cm³/mol. The van der Waals surface area contributed by atoms with Gasteiger partial charge in [0.25, 0.3) is 0 Å². The minimum absolute atomic E-state index is 0.0164. The quantitative estimate of drug-likeness (QED) is 0.816. The average Bonchev–Trinajstić information content (AvgIpc) is 2.61. The fraction of sp³-hybridized carbons (Fsp3) is 0.286. The van der Waals surface area contributed by atoms with E-state index in [-0.39, 0.29) is 5.91 Å². The minimum Gasteiger partial charge on any atom is -0.478 e. The lowest BCUT2D eigenvalue weighted by molar-refractivity contribution is -0.131. The first-order valence-electron chi connectivity index (χ1n) is 6.28. The SMILES string of the molecule is O=C(O)C=Cc1cc(F)ccc1N1CCNC(=O)CC1. The first-order chi connectivity index (χ1) is 9.56. The maximum absolute atomic E-state index is 13.3. The van der Waals surface area contributed by atoms with Crippen molar-refractivity contribution in [3.8, 4) is 0 Å². The Morgan fingerprint density at radius 3 is 2.95 bits per heavy atom. The molecule has 106 valence electrons. The van der Waals surface area contributed by atoms with E-state index in [9.17, 15) is 14.0 Å². The maximum atomic E-state index is 13.3. The van der Waals surface area contributed by atoms with E-state index in [4.69, 9.17) is 5.11 Å². The number of hydrogen-bond acceptors (Lipinski definition) is 3. The topological polar surface area (TPSA) is 69.6 Å². The number of aliphatic carboxylic acids is 1. The molecule has 6 heteroatoms. The summed E-state index contributed by atoms with van der Waals surface area (Å²) in [6.45, 7) is 1.63. The zero-order chi connectivity index (χ0) is 14.5. The Morgan fingerprint density at radius 1 is 1.40 bits per heavy atom. The summed E-state index contributed by atoms with van der Waals surface area (Å²) in [6, 6.07) is 4.22. The van der Waals surface area contributed by atoms with Crippen LogP contribution in [0.5, 0.6) is 0 Å². The molecule has 1 aromatic carbocycles. The number of benzene rings is 1. The molecule has 1 heterocycles. The number of halogens is 1. The Morgan fingerprint density at radius 2 is 2.20 bits per heavy atom. The van der Waals surface area contributed by atoms with E-state index in [2.05, 4.69) is 5.32 Å². The molecule has 1 saturated heterocycles. The van der Waals surface area contributed by atoms with Gasteiger partial charge < -0.3 is 15.3 Å². The number of rotatable bonds is 3. The summed E-state index contributed by atoms with van der Waals surface area (Å²) < 4.78 is 13.3. The molecule has 20 heavy (non-hydrogen) atoms. The third kappa shape index (κ3) is 3.57. The van der Waals surface area contributed by atoms with Crippen LogP contribution in [0.3, 0.4) is 0 Å². The third-order valence-electron chi connectivity index (χ3n) is 3.05. The molecule has 1 fully saturated rings. The van der Waals surface area contributed by atoms with Crippen LogP contribution in [0.4, 0.5) is 10.1 Å². The predicted octanol–water partition coefficient (Wildman–Crippen LogP) is 1.25. The number of anilines is 1. The maximum Gasteiger partial charge on any atom is 0.328 e. The summed E-state index contributed by atoms with van der Waals surface area (Å²) in [7, 11) is 0. The molecule has 0 atom stereocenters. The molecule has 0 unspecified atom stereocenters. The van der Waals surface area contributed by atoms with Crippen molar-refractivity contribution in [3.05, 3.63) is 35.7 Å². The van der Waals surface area contributed by atoms with Gasteiger partial charge >= 0.3 is 5.97 Å². The van der Waals surface area contributed by atoms with E-state index < -0.39 is 11.8 Å². The Hall–Kier alpha value is -2.37. The van der Waals surface area contributed by atoms with Gasteiger partial charge in [0.15, 0.2) is 0 Å². The molecule has 2 N–H and O–H groups in total. The highest BCUT2D eigenvalue weighted by Gasteiger charge is 2.16. The van der Waals surface area contributed by atoms with Gasteiger partial charge in [-0.15, -0.1) is 0 Å². The highest BCUT2D eigenvalue weighted by atomic mass is 19.1. The van der Waals surface area contributed by atoms with Crippen molar-refractivity contribution in [2.24, 2.45) is 0 Å². The normalized spacial score (nSPS) is 16.1. The van der Waals surface area contributed by atoms with Crippen molar-refractivity contribution in [2.45, 2.75) is 6.42 Å². The largest absolute Gasteiger partial charge is 0.478 e. The van der Waals surface area contributed by atoms with Crippen molar-refractivity contribution in [2.75, 3.05) is 24.5 Å². The minimum atomic E-state index is -1.09. The lowest BCUT2D eigenvalue weighted by Crippen LogP contribution is -2.28. The highest BCUT2D eigenvalue weighted by Crippen LogP contribution is 2.24. The van der Waals surface area contributed by atoms with Crippen LogP contribution in [0.1, 0.15) is 12.0 Å². The zero-order valence-corrected chi connectivity index (χ0v) is 10.8. The smallest absolute Gasteiger partial charge is 0.328 e. The standard InChI is InChI=1S/C14H15FN2O3/c15-11-2-3-12(10(9-11)1-4-14(19)20)17-7-5-13(18)16-6-8-17/h1-4,9H,5-8H2,(H,16,18)(H,19,20). The second-order valence-electron chi connectivity index (χ2n) is 4.46. The molecular weight excluding hydrogens is 263 g/mol. The molecular formula is C14H15FN2O3. The molecule has 1 aliphatic rings. The summed E-state index contributed by atoms with van der Waals surface area (Å²) in [5, 5.41) is 11.4. The van der Waals surface area contributed by atoms with E-state index in [1.807, 2.05) is 4.90 Å². The van der Waals surface area contributed by atoms with Gasteiger partial charge in [-0.25, -0.2) is 9.18 Å². The van der Waals surface area contributed by atoms with E-state index in [0.29, 0.717) is 31.6 Å². The molecule has 0 saturated carbocycles. The van der Waals surface area contributed by atoms with Gasteiger partial charge in [-0.1, -0.05) is 0 Å². The highest BCUT2D eigenvalue weighted by molar-refractivity contribution is 5.87. The second kappa shape index (κ2) is 6.18. The molecule has 0 bridgehead atoms. The van der Waals surface area contributed by atoms with Gasteiger partial charge in [-0.05, 0) is 24.3 Å².